The van der Waals surface area contributed by atoms with E-state index in [0.717, 1.165) is 31.8 Å². The molecule has 2 fully saturated rings. The Kier molecular flexibility index (Phi) is 5.05. The van der Waals surface area contributed by atoms with Crippen molar-refractivity contribution < 1.29 is 14.6 Å². The van der Waals surface area contributed by atoms with Crippen LogP contribution in [-0.4, -0.2) is 55.0 Å². The first-order valence-electron chi connectivity index (χ1n) is 7.31. The van der Waals surface area contributed by atoms with E-state index in [1.807, 2.05) is 0 Å². The summed E-state index contributed by atoms with van der Waals surface area (Å²) in [5.74, 6) is 1.30. The molecule has 1 saturated carbocycles. The first kappa shape index (κ1) is 14.6. The van der Waals surface area contributed by atoms with Gasteiger partial charge in [0.2, 0.25) is 0 Å². The van der Waals surface area contributed by atoms with Crippen LogP contribution in [0.1, 0.15) is 32.6 Å². The summed E-state index contributed by atoms with van der Waals surface area (Å²) in [6.45, 7) is 4.48. The zero-order chi connectivity index (χ0) is 13.8. The summed E-state index contributed by atoms with van der Waals surface area (Å²) in [4.78, 5) is 13.8. The van der Waals surface area contributed by atoms with Gasteiger partial charge in [-0.25, -0.2) is 4.79 Å². The van der Waals surface area contributed by atoms with Crippen LogP contribution in [0.5, 0.6) is 0 Å². The maximum absolute atomic E-state index is 11.4. The van der Waals surface area contributed by atoms with Gasteiger partial charge in [-0.15, -0.1) is 0 Å². The van der Waals surface area contributed by atoms with Crippen LogP contribution < -0.4 is 5.32 Å². The monoisotopic (exact) mass is 270 g/mol. The van der Waals surface area contributed by atoms with E-state index < -0.39 is 0 Å². The van der Waals surface area contributed by atoms with Gasteiger partial charge in [-0.3, -0.25) is 4.90 Å². The highest BCUT2D eigenvalue weighted by Gasteiger charge is 2.36. The number of rotatable bonds is 4. The number of piperidine rings is 1. The van der Waals surface area contributed by atoms with Crippen molar-refractivity contribution in [1.82, 2.24) is 10.2 Å². The standard InChI is InChI=1S/C14H26N2O3/c1-10-5-13(6-10)16-8-11(3-4-17)7-12(9-16)15-14(18)19-2/h10-13,17H,3-9H2,1-2H3,(H,15,18). The number of carbonyl (C=O) groups is 1. The van der Waals surface area contributed by atoms with Gasteiger partial charge in [0.25, 0.3) is 0 Å². The predicted molar refractivity (Wildman–Crippen MR) is 72.9 cm³/mol. The van der Waals surface area contributed by atoms with Crippen LogP contribution in [0.25, 0.3) is 0 Å². The van der Waals surface area contributed by atoms with E-state index in [1.54, 1.807) is 0 Å². The number of carbonyl (C=O) groups excluding carboxylic acids is 1. The first-order chi connectivity index (χ1) is 9.12. The molecule has 0 spiro atoms. The van der Waals surface area contributed by atoms with Crippen LogP contribution in [0.4, 0.5) is 4.79 Å². The highest BCUT2D eigenvalue weighted by molar-refractivity contribution is 5.67. The average Bonchev–Trinajstić information content (AvgIpc) is 2.35. The molecule has 1 saturated heterocycles. The second kappa shape index (κ2) is 6.57. The summed E-state index contributed by atoms with van der Waals surface area (Å²) in [5.41, 5.74) is 0. The highest BCUT2D eigenvalue weighted by atomic mass is 16.5. The van der Waals surface area contributed by atoms with Crippen molar-refractivity contribution in [3.8, 4) is 0 Å². The molecule has 110 valence electrons. The zero-order valence-electron chi connectivity index (χ0n) is 12.0. The molecule has 1 aliphatic carbocycles. The maximum Gasteiger partial charge on any atom is 0.407 e. The van der Waals surface area contributed by atoms with Crippen LogP contribution >= 0.6 is 0 Å². The van der Waals surface area contributed by atoms with E-state index in [4.69, 9.17) is 5.11 Å². The van der Waals surface area contributed by atoms with E-state index in [9.17, 15) is 4.79 Å². The lowest BCUT2D eigenvalue weighted by Gasteiger charge is -2.47. The largest absolute Gasteiger partial charge is 0.453 e. The fraction of sp³-hybridized carbons (Fsp3) is 0.929. The second-order valence-corrected chi connectivity index (χ2v) is 6.13. The van der Waals surface area contributed by atoms with E-state index >= 15 is 0 Å². The number of amides is 1. The third-order valence-electron chi connectivity index (χ3n) is 4.48. The minimum atomic E-state index is -0.350. The normalized spacial score (nSPS) is 35.5. The lowest BCUT2D eigenvalue weighted by Crippen LogP contribution is -2.56. The Morgan fingerprint density at radius 1 is 1.37 bits per heavy atom. The number of aliphatic hydroxyl groups is 1. The highest BCUT2D eigenvalue weighted by Crippen LogP contribution is 2.34. The van der Waals surface area contributed by atoms with Gasteiger partial charge in [0.15, 0.2) is 0 Å². The topological polar surface area (TPSA) is 61.8 Å². The zero-order valence-corrected chi connectivity index (χ0v) is 12.0. The molecule has 2 rings (SSSR count). The van der Waals surface area contributed by atoms with Crippen LogP contribution in [0.3, 0.4) is 0 Å². The molecule has 1 aliphatic heterocycles. The third kappa shape index (κ3) is 3.83. The lowest BCUT2D eigenvalue weighted by molar-refractivity contribution is 0.0280. The van der Waals surface area contributed by atoms with Crippen LogP contribution in [-0.2, 0) is 4.74 Å². The van der Waals surface area contributed by atoms with Crippen molar-refractivity contribution >= 4 is 6.09 Å². The molecule has 1 amide bonds. The molecule has 5 nitrogen and oxygen atoms in total. The Balaban J connectivity index is 1.90. The summed E-state index contributed by atoms with van der Waals surface area (Å²) >= 11 is 0. The fourth-order valence-electron chi connectivity index (χ4n) is 3.42. The van der Waals surface area contributed by atoms with Crippen molar-refractivity contribution in [2.45, 2.75) is 44.7 Å². The van der Waals surface area contributed by atoms with Gasteiger partial charge in [-0.2, -0.15) is 0 Å². The first-order valence-corrected chi connectivity index (χ1v) is 7.31. The number of methoxy groups -OCH3 is 1. The molecule has 19 heavy (non-hydrogen) atoms. The summed E-state index contributed by atoms with van der Waals surface area (Å²) in [6.07, 6.45) is 3.93. The van der Waals surface area contributed by atoms with E-state index in [0.29, 0.717) is 12.0 Å². The van der Waals surface area contributed by atoms with Crippen molar-refractivity contribution in [2.75, 3.05) is 26.8 Å². The van der Waals surface area contributed by atoms with E-state index in [-0.39, 0.29) is 18.7 Å². The Bertz CT molecular complexity index is 305. The smallest absolute Gasteiger partial charge is 0.407 e. The van der Waals surface area contributed by atoms with Gasteiger partial charge in [0.05, 0.1) is 7.11 Å². The Labute approximate surface area is 115 Å². The van der Waals surface area contributed by atoms with Gasteiger partial charge >= 0.3 is 6.09 Å². The molecule has 2 N–H and O–H groups in total. The van der Waals surface area contributed by atoms with Gasteiger partial charge in [-0.05, 0) is 37.5 Å². The van der Waals surface area contributed by atoms with Gasteiger partial charge in [-0.1, -0.05) is 6.92 Å². The Morgan fingerprint density at radius 2 is 2.11 bits per heavy atom. The Morgan fingerprint density at radius 3 is 2.68 bits per heavy atom. The summed E-state index contributed by atoms with van der Waals surface area (Å²) in [6, 6.07) is 0.812. The van der Waals surface area contributed by atoms with Crippen molar-refractivity contribution in [3.05, 3.63) is 0 Å². The van der Waals surface area contributed by atoms with Crippen molar-refractivity contribution in [2.24, 2.45) is 11.8 Å². The third-order valence-corrected chi connectivity index (χ3v) is 4.48. The number of hydrogen-bond acceptors (Lipinski definition) is 4. The molecule has 0 aromatic carbocycles. The number of ether oxygens (including phenoxy) is 1. The molecule has 0 aromatic heterocycles. The van der Waals surface area contributed by atoms with Crippen LogP contribution in [0.15, 0.2) is 0 Å². The van der Waals surface area contributed by atoms with E-state index in [2.05, 4.69) is 21.9 Å². The summed E-state index contributed by atoms with van der Waals surface area (Å²) in [5, 5.41) is 12.1. The minimum absolute atomic E-state index is 0.147. The molecular formula is C14H26N2O3. The van der Waals surface area contributed by atoms with Crippen molar-refractivity contribution in [3.63, 3.8) is 0 Å². The number of nitrogens with one attached hydrogen (secondary N) is 1. The molecule has 2 unspecified atom stereocenters. The minimum Gasteiger partial charge on any atom is -0.453 e. The van der Waals surface area contributed by atoms with Crippen molar-refractivity contribution in [1.29, 1.82) is 0 Å². The second-order valence-electron chi connectivity index (χ2n) is 6.13. The molecule has 5 heteroatoms. The molecule has 2 aliphatic rings. The average molecular weight is 270 g/mol. The molecule has 0 radical (unpaired) electrons. The molecule has 0 bridgehead atoms. The molecule has 2 atom stereocenters. The Hall–Kier alpha value is -0.810. The van der Waals surface area contributed by atoms with Gasteiger partial charge < -0.3 is 15.2 Å². The van der Waals surface area contributed by atoms with Gasteiger partial charge in [0, 0.05) is 31.8 Å². The summed E-state index contributed by atoms with van der Waals surface area (Å²) in [7, 11) is 1.40. The van der Waals surface area contributed by atoms with Crippen LogP contribution in [0.2, 0.25) is 0 Å². The lowest BCUT2D eigenvalue weighted by atomic mass is 9.78. The van der Waals surface area contributed by atoms with Crippen LogP contribution in [0, 0.1) is 11.8 Å². The van der Waals surface area contributed by atoms with Gasteiger partial charge in [0.1, 0.15) is 0 Å². The predicted octanol–water partition coefficient (Wildman–Crippen LogP) is 1.21. The number of nitrogens with zero attached hydrogens (tertiary/aromatic N) is 1. The maximum atomic E-state index is 11.4. The molecule has 0 aromatic rings. The summed E-state index contributed by atoms with van der Waals surface area (Å²) < 4.78 is 4.68. The molecular weight excluding hydrogens is 244 g/mol. The number of aliphatic hydroxyl groups excluding tert-OH is 1. The number of likely N-dealkylation sites (tertiary alicyclic amines) is 1. The fourth-order valence-corrected chi connectivity index (χ4v) is 3.42. The quantitative estimate of drug-likeness (QED) is 0.806. The SMILES string of the molecule is COC(=O)NC1CC(CCO)CN(C2CC(C)C2)C1. The van der Waals surface area contributed by atoms with E-state index in [1.165, 1.54) is 20.0 Å². The molecule has 1 heterocycles. The number of hydrogen-bond donors (Lipinski definition) is 2. The number of alkyl carbamates (subject to hydrolysis) is 1.